The van der Waals surface area contributed by atoms with Crippen molar-refractivity contribution in [2.24, 2.45) is 0 Å². The first-order chi connectivity index (χ1) is 17.9. The Hall–Kier alpha value is -2.81. The molecule has 2 aromatic rings. The number of amides is 1. The Balaban J connectivity index is 2.12. The van der Waals surface area contributed by atoms with Gasteiger partial charge in [-0.05, 0) is 24.6 Å². The lowest BCUT2D eigenvalue weighted by atomic mass is 10.2. The van der Waals surface area contributed by atoms with Crippen molar-refractivity contribution in [1.82, 2.24) is 14.4 Å². The average molecular weight is 584 g/mol. The maximum absolute atomic E-state index is 12.9. The van der Waals surface area contributed by atoms with Crippen LogP contribution in [0.2, 0.25) is 5.02 Å². The number of hydrogen-bond acceptors (Lipinski definition) is 8. The van der Waals surface area contributed by atoms with Crippen molar-refractivity contribution in [1.29, 1.82) is 0 Å². The smallest absolute Gasteiger partial charge is 0.422 e. The van der Waals surface area contributed by atoms with Crippen molar-refractivity contribution in [3.05, 3.63) is 46.6 Å². The highest BCUT2D eigenvalue weighted by molar-refractivity contribution is 7.88. The van der Waals surface area contributed by atoms with E-state index >= 15 is 0 Å². The van der Waals surface area contributed by atoms with Gasteiger partial charge in [-0.25, -0.2) is 14.5 Å². The number of aromatic nitrogens is 1. The molecule has 0 saturated carbocycles. The van der Waals surface area contributed by atoms with Crippen molar-refractivity contribution >= 4 is 27.9 Å². The third-order valence-corrected chi connectivity index (χ3v) is 6.13. The Kier molecular flexibility index (Phi) is 12.4. The van der Waals surface area contributed by atoms with Crippen LogP contribution in [0, 0.1) is 0 Å². The van der Waals surface area contributed by atoms with Gasteiger partial charge in [0.2, 0.25) is 5.88 Å². The number of benzene rings is 1. The minimum Gasteiger partial charge on any atom is -0.491 e. The lowest BCUT2D eigenvalue weighted by Crippen LogP contribution is -2.40. The number of nitrogens with one attached hydrogen (secondary N) is 2. The van der Waals surface area contributed by atoms with E-state index < -0.39 is 39.7 Å². The van der Waals surface area contributed by atoms with Gasteiger partial charge in [0.05, 0.1) is 12.2 Å². The van der Waals surface area contributed by atoms with E-state index in [9.17, 15) is 26.4 Å². The highest BCUT2D eigenvalue weighted by Crippen LogP contribution is 2.36. The van der Waals surface area contributed by atoms with Crippen molar-refractivity contribution in [3.63, 3.8) is 0 Å². The van der Waals surface area contributed by atoms with Crippen molar-refractivity contribution < 1.29 is 45.3 Å². The van der Waals surface area contributed by atoms with Gasteiger partial charge >= 0.3 is 22.5 Å². The standard InChI is InChI=1S/C23H29ClF3N3O7S/c1-3-4-5-6-9-29-38(32,33)30-22(31)36-15-16-7-8-18(35-11-10-34-2)13-20(16)37-21-19(24)12-17(14-28-21)23(25,26)27/h7-8,12-14,29H,3-6,9-11,15H2,1-2H3,(H,30,31). The number of pyridine rings is 1. The Morgan fingerprint density at radius 2 is 1.89 bits per heavy atom. The fraction of sp³-hybridized carbons (Fsp3) is 0.478. The number of methoxy groups -OCH3 is 1. The normalized spacial score (nSPS) is 11.7. The molecule has 1 amide bonds. The number of hydrogen-bond donors (Lipinski definition) is 2. The van der Waals surface area contributed by atoms with E-state index in [4.69, 9.17) is 30.5 Å². The molecular weight excluding hydrogens is 555 g/mol. The minimum atomic E-state index is -4.65. The molecule has 2 rings (SSSR count). The zero-order chi connectivity index (χ0) is 28.2. The number of nitrogens with zero attached hydrogens (tertiary/aromatic N) is 1. The van der Waals surface area contributed by atoms with E-state index in [0.29, 0.717) is 24.4 Å². The summed E-state index contributed by atoms with van der Waals surface area (Å²) in [6.45, 7) is 2.20. The van der Waals surface area contributed by atoms with Crippen LogP contribution in [0.3, 0.4) is 0 Å². The molecule has 1 aromatic heterocycles. The van der Waals surface area contributed by atoms with E-state index in [0.717, 1.165) is 19.3 Å². The molecule has 1 aromatic carbocycles. The average Bonchev–Trinajstić information content (AvgIpc) is 2.84. The van der Waals surface area contributed by atoms with E-state index in [1.54, 1.807) is 4.72 Å². The van der Waals surface area contributed by atoms with Gasteiger partial charge in [-0.1, -0.05) is 37.8 Å². The molecule has 0 bridgehead atoms. The Morgan fingerprint density at radius 1 is 1.13 bits per heavy atom. The summed E-state index contributed by atoms with van der Waals surface area (Å²) in [5, 5.41) is -0.411. The van der Waals surface area contributed by atoms with Crippen LogP contribution in [-0.2, 0) is 32.5 Å². The van der Waals surface area contributed by atoms with Gasteiger partial charge in [-0.15, -0.1) is 0 Å². The Labute approximate surface area is 223 Å². The molecular formula is C23H29ClF3N3O7S. The molecule has 10 nitrogen and oxygen atoms in total. The summed E-state index contributed by atoms with van der Waals surface area (Å²) in [5.41, 5.74) is -0.839. The molecule has 2 N–H and O–H groups in total. The minimum absolute atomic E-state index is 0.00113. The lowest BCUT2D eigenvalue weighted by Gasteiger charge is -2.15. The number of halogens is 4. The number of carbonyl (C=O) groups is 1. The third-order valence-electron chi connectivity index (χ3n) is 4.84. The summed E-state index contributed by atoms with van der Waals surface area (Å²) < 4.78 is 87.9. The van der Waals surface area contributed by atoms with Gasteiger partial charge in [0.25, 0.3) is 0 Å². The maximum atomic E-state index is 12.9. The van der Waals surface area contributed by atoms with E-state index in [1.165, 1.54) is 25.3 Å². The number of carbonyl (C=O) groups excluding carboxylic acids is 1. The van der Waals surface area contributed by atoms with Gasteiger partial charge in [0, 0.05) is 31.5 Å². The summed E-state index contributed by atoms with van der Waals surface area (Å²) in [4.78, 5) is 15.7. The number of ether oxygens (including phenoxy) is 4. The van der Waals surface area contributed by atoms with Crippen LogP contribution in [0.15, 0.2) is 30.5 Å². The number of rotatable bonds is 15. The first-order valence-corrected chi connectivity index (χ1v) is 13.4. The first kappa shape index (κ1) is 31.4. The molecule has 0 unspecified atom stereocenters. The van der Waals surface area contributed by atoms with Gasteiger partial charge in [-0.3, -0.25) is 0 Å². The summed E-state index contributed by atoms with van der Waals surface area (Å²) in [5.74, 6) is -0.0313. The second kappa shape index (κ2) is 15.0. The predicted octanol–water partition coefficient (Wildman–Crippen LogP) is 5.21. The third kappa shape index (κ3) is 10.9. The Bertz CT molecular complexity index is 1170. The maximum Gasteiger partial charge on any atom is 0.422 e. The predicted molar refractivity (Wildman–Crippen MR) is 133 cm³/mol. The van der Waals surface area contributed by atoms with Crippen LogP contribution in [0.1, 0.15) is 43.7 Å². The number of alkyl halides is 3. The highest BCUT2D eigenvalue weighted by atomic mass is 35.5. The van der Waals surface area contributed by atoms with Crippen LogP contribution >= 0.6 is 11.6 Å². The monoisotopic (exact) mass is 583 g/mol. The van der Waals surface area contributed by atoms with E-state index in [1.807, 2.05) is 6.92 Å². The molecule has 0 aliphatic heterocycles. The van der Waals surface area contributed by atoms with Crippen molar-refractivity contribution in [3.8, 4) is 17.4 Å². The van der Waals surface area contributed by atoms with Crippen LogP contribution in [0.25, 0.3) is 0 Å². The van der Waals surface area contributed by atoms with Crippen LogP contribution in [0.4, 0.5) is 18.0 Å². The number of unbranched alkanes of at least 4 members (excludes halogenated alkanes) is 3. The van der Waals surface area contributed by atoms with Gasteiger partial charge < -0.3 is 18.9 Å². The quantitative estimate of drug-likeness (QED) is 0.274. The van der Waals surface area contributed by atoms with Crippen LogP contribution < -0.4 is 18.9 Å². The fourth-order valence-corrected chi connectivity index (χ4v) is 3.89. The summed E-state index contributed by atoms with van der Waals surface area (Å²) >= 11 is 5.95. The first-order valence-electron chi connectivity index (χ1n) is 11.5. The van der Waals surface area contributed by atoms with E-state index in [-0.39, 0.29) is 37.0 Å². The van der Waals surface area contributed by atoms with Gasteiger partial charge in [0.15, 0.2) is 0 Å². The molecule has 0 spiro atoms. The van der Waals surface area contributed by atoms with Crippen molar-refractivity contribution in [2.75, 3.05) is 26.9 Å². The van der Waals surface area contributed by atoms with Crippen LogP contribution in [0.5, 0.6) is 17.4 Å². The zero-order valence-corrected chi connectivity index (χ0v) is 22.3. The van der Waals surface area contributed by atoms with Gasteiger partial charge in [-0.2, -0.15) is 26.3 Å². The lowest BCUT2D eigenvalue weighted by molar-refractivity contribution is -0.137. The molecule has 212 valence electrons. The zero-order valence-electron chi connectivity index (χ0n) is 20.8. The molecule has 0 fully saturated rings. The summed E-state index contributed by atoms with van der Waals surface area (Å²) in [6, 6.07) is 5.03. The fourth-order valence-electron chi connectivity index (χ4n) is 2.92. The second-order valence-corrected chi connectivity index (χ2v) is 9.77. The van der Waals surface area contributed by atoms with Crippen LogP contribution in [-0.4, -0.2) is 46.4 Å². The highest BCUT2D eigenvalue weighted by Gasteiger charge is 2.32. The summed E-state index contributed by atoms with van der Waals surface area (Å²) in [6.07, 6.45) is -1.93. The molecule has 0 radical (unpaired) electrons. The van der Waals surface area contributed by atoms with E-state index in [2.05, 4.69) is 9.71 Å². The van der Waals surface area contributed by atoms with Gasteiger partial charge in [0.1, 0.15) is 29.7 Å². The molecule has 0 atom stereocenters. The topological polar surface area (TPSA) is 125 Å². The SMILES string of the molecule is CCCCCCNS(=O)(=O)NC(=O)OCc1ccc(OCCOC)cc1Oc1ncc(C(F)(F)F)cc1Cl. The molecule has 0 aliphatic carbocycles. The second-order valence-electron chi connectivity index (χ2n) is 7.86. The van der Waals surface area contributed by atoms with Crippen molar-refractivity contribution in [2.45, 2.75) is 45.4 Å². The molecule has 0 aliphatic rings. The molecule has 0 saturated heterocycles. The molecule has 15 heteroatoms. The molecule has 1 heterocycles. The molecule has 38 heavy (non-hydrogen) atoms. The largest absolute Gasteiger partial charge is 0.491 e. The Morgan fingerprint density at radius 3 is 2.55 bits per heavy atom. The summed E-state index contributed by atoms with van der Waals surface area (Å²) in [7, 11) is -2.64.